The Morgan fingerprint density at radius 3 is 1.31 bits per heavy atom. The van der Waals surface area contributed by atoms with Crippen molar-refractivity contribution in [3.8, 4) is 0 Å². The standard InChI is InChI=1S/C12H23O13P/c13-1-3-5(15)7(17)9(19)11(22-3)24-26(21)25-12-10(20)8(18)6(16)4(2-14)23-12/h3-20,26H,1-2H2/t3-,4-,5-,6-,7+,8+,9-,10-,11-,12-/m1/s1. The predicted octanol–water partition coefficient (Wildman–Crippen LogP) is -4.99. The van der Waals surface area contributed by atoms with Gasteiger partial charge in [0, 0.05) is 0 Å². The molecule has 0 amide bonds. The highest BCUT2D eigenvalue weighted by Crippen LogP contribution is 2.36. The second-order valence-corrected chi connectivity index (χ2v) is 6.85. The number of hydrogen-bond donors (Lipinski definition) is 8. The molecular formula is C12H23O13P. The molecule has 26 heavy (non-hydrogen) atoms. The molecule has 154 valence electrons. The van der Waals surface area contributed by atoms with Crippen molar-refractivity contribution in [1.82, 2.24) is 0 Å². The summed E-state index contributed by atoms with van der Waals surface area (Å²) in [6.45, 7) is -1.45. The van der Waals surface area contributed by atoms with E-state index in [1.54, 1.807) is 0 Å². The summed E-state index contributed by atoms with van der Waals surface area (Å²) >= 11 is 0. The molecule has 0 aromatic rings. The lowest BCUT2D eigenvalue weighted by molar-refractivity contribution is -0.290. The lowest BCUT2D eigenvalue weighted by Gasteiger charge is -2.40. The number of ether oxygens (including phenoxy) is 2. The minimum atomic E-state index is -3.56. The van der Waals surface area contributed by atoms with E-state index >= 15 is 0 Å². The molecular weight excluding hydrogens is 383 g/mol. The van der Waals surface area contributed by atoms with Crippen molar-refractivity contribution >= 4 is 8.25 Å². The molecule has 2 fully saturated rings. The van der Waals surface area contributed by atoms with Crippen molar-refractivity contribution in [2.45, 2.75) is 61.4 Å². The van der Waals surface area contributed by atoms with Crippen LogP contribution in [-0.4, -0.2) is 115 Å². The van der Waals surface area contributed by atoms with E-state index in [1.165, 1.54) is 0 Å². The van der Waals surface area contributed by atoms with E-state index < -0.39 is 82.9 Å². The maximum absolute atomic E-state index is 12.0. The first-order chi connectivity index (χ1) is 12.2. The molecule has 0 saturated carbocycles. The average molecular weight is 406 g/mol. The molecule has 14 heteroatoms. The van der Waals surface area contributed by atoms with Gasteiger partial charge in [-0.1, -0.05) is 0 Å². The largest absolute Gasteiger partial charge is 0.394 e. The minimum Gasteiger partial charge on any atom is -0.394 e. The molecule has 2 aliphatic heterocycles. The highest BCUT2D eigenvalue weighted by molar-refractivity contribution is 7.33. The van der Waals surface area contributed by atoms with Gasteiger partial charge in [0.2, 0.25) is 0 Å². The summed E-state index contributed by atoms with van der Waals surface area (Å²) < 4.78 is 31.6. The summed E-state index contributed by atoms with van der Waals surface area (Å²) in [5, 5.41) is 76.2. The van der Waals surface area contributed by atoms with Crippen LogP contribution in [0.1, 0.15) is 0 Å². The maximum atomic E-state index is 12.0. The van der Waals surface area contributed by atoms with Crippen LogP contribution in [0, 0.1) is 0 Å². The molecule has 0 aliphatic carbocycles. The minimum absolute atomic E-state index is 0.723. The molecule has 0 aromatic heterocycles. The molecule has 10 atom stereocenters. The fourth-order valence-corrected chi connectivity index (χ4v) is 3.37. The van der Waals surface area contributed by atoms with Crippen molar-refractivity contribution in [2.75, 3.05) is 13.2 Å². The van der Waals surface area contributed by atoms with Crippen LogP contribution in [0.25, 0.3) is 0 Å². The van der Waals surface area contributed by atoms with Crippen molar-refractivity contribution in [3.05, 3.63) is 0 Å². The van der Waals surface area contributed by atoms with Crippen LogP contribution in [0.4, 0.5) is 0 Å². The van der Waals surface area contributed by atoms with E-state index in [-0.39, 0.29) is 0 Å². The zero-order valence-corrected chi connectivity index (χ0v) is 14.3. The molecule has 2 aliphatic rings. The van der Waals surface area contributed by atoms with E-state index in [0.29, 0.717) is 0 Å². The molecule has 2 heterocycles. The number of hydrogen-bond acceptors (Lipinski definition) is 13. The van der Waals surface area contributed by atoms with Crippen LogP contribution in [0.15, 0.2) is 0 Å². The second-order valence-electron chi connectivity index (χ2n) is 5.88. The van der Waals surface area contributed by atoms with Gasteiger partial charge in [-0.05, 0) is 0 Å². The fraction of sp³-hybridized carbons (Fsp3) is 1.00. The Morgan fingerprint density at radius 2 is 1.00 bits per heavy atom. The third kappa shape index (κ3) is 4.59. The number of aliphatic hydroxyl groups excluding tert-OH is 8. The zero-order valence-electron chi connectivity index (χ0n) is 13.3. The van der Waals surface area contributed by atoms with Gasteiger partial charge in [-0.3, -0.25) is 13.6 Å². The third-order valence-electron chi connectivity index (χ3n) is 4.12. The van der Waals surface area contributed by atoms with E-state index in [0.717, 1.165) is 0 Å². The van der Waals surface area contributed by atoms with Gasteiger partial charge in [-0.25, -0.2) is 0 Å². The molecule has 0 spiro atoms. The quantitative estimate of drug-likeness (QED) is 0.194. The first-order valence-corrected chi connectivity index (χ1v) is 8.92. The first kappa shape index (κ1) is 22.0. The fourth-order valence-electron chi connectivity index (χ4n) is 2.55. The Balaban J connectivity index is 1.97. The summed E-state index contributed by atoms with van der Waals surface area (Å²) in [5.74, 6) is 0. The summed E-state index contributed by atoms with van der Waals surface area (Å²) in [5.41, 5.74) is 0. The monoisotopic (exact) mass is 406 g/mol. The van der Waals surface area contributed by atoms with E-state index in [4.69, 9.17) is 28.7 Å². The first-order valence-electron chi connectivity index (χ1n) is 7.69. The lowest BCUT2D eigenvalue weighted by Crippen LogP contribution is -2.59. The van der Waals surface area contributed by atoms with Crippen LogP contribution in [0.5, 0.6) is 0 Å². The summed E-state index contributed by atoms with van der Waals surface area (Å²) in [6, 6.07) is 0. The van der Waals surface area contributed by atoms with Crippen LogP contribution in [0.3, 0.4) is 0 Å². The van der Waals surface area contributed by atoms with Crippen LogP contribution < -0.4 is 0 Å². The van der Waals surface area contributed by atoms with Crippen LogP contribution in [0.2, 0.25) is 0 Å². The molecule has 2 saturated heterocycles. The summed E-state index contributed by atoms with van der Waals surface area (Å²) in [4.78, 5) is 0. The van der Waals surface area contributed by atoms with Crippen molar-refractivity contribution in [2.24, 2.45) is 0 Å². The smallest absolute Gasteiger partial charge is 0.323 e. The van der Waals surface area contributed by atoms with E-state index in [9.17, 15) is 35.2 Å². The van der Waals surface area contributed by atoms with Crippen LogP contribution in [-0.2, 0) is 23.1 Å². The highest BCUT2D eigenvalue weighted by Gasteiger charge is 2.47. The van der Waals surface area contributed by atoms with Gasteiger partial charge < -0.3 is 50.3 Å². The SMILES string of the molecule is O=[PH](O[C@H]1O[C@H](CO)[C@@H](O)[C@H](O)[C@H]1O)O[C@H]1O[C@H](CO)[C@@H](O)[C@H](O)[C@H]1O. The normalized spacial score (nSPS) is 47.3. The van der Waals surface area contributed by atoms with Gasteiger partial charge in [0.15, 0.2) is 12.6 Å². The van der Waals surface area contributed by atoms with Gasteiger partial charge >= 0.3 is 8.25 Å². The number of aliphatic hydroxyl groups is 8. The topological polar surface area (TPSA) is 216 Å². The predicted molar refractivity (Wildman–Crippen MR) is 78.7 cm³/mol. The lowest BCUT2D eigenvalue weighted by atomic mass is 9.99. The summed E-state index contributed by atoms with van der Waals surface area (Å²) in [6.07, 6.45) is -16.5. The molecule has 2 rings (SSSR count). The van der Waals surface area contributed by atoms with Crippen molar-refractivity contribution in [3.63, 3.8) is 0 Å². The van der Waals surface area contributed by atoms with Gasteiger partial charge in [0.05, 0.1) is 13.2 Å². The highest BCUT2D eigenvalue weighted by atomic mass is 31.1. The maximum Gasteiger partial charge on any atom is 0.323 e. The zero-order chi connectivity index (χ0) is 19.6. The van der Waals surface area contributed by atoms with Gasteiger partial charge in [-0.15, -0.1) is 0 Å². The molecule has 13 nitrogen and oxygen atoms in total. The molecule has 0 aromatic carbocycles. The Hall–Kier alpha value is -0.250. The summed E-state index contributed by atoms with van der Waals surface area (Å²) in [7, 11) is -3.56. The Bertz CT molecular complexity index is 436. The van der Waals surface area contributed by atoms with Gasteiger partial charge in [-0.2, -0.15) is 0 Å². The third-order valence-corrected chi connectivity index (χ3v) is 4.97. The molecule has 0 bridgehead atoms. The Kier molecular flexibility index (Phi) is 7.88. The van der Waals surface area contributed by atoms with E-state index in [2.05, 4.69) is 0 Å². The molecule has 8 N–H and O–H groups in total. The van der Waals surface area contributed by atoms with Gasteiger partial charge in [0.1, 0.15) is 48.8 Å². The van der Waals surface area contributed by atoms with Crippen LogP contribution >= 0.6 is 8.25 Å². The molecule has 0 radical (unpaired) electrons. The number of rotatable bonds is 6. The Labute approximate surface area is 147 Å². The second kappa shape index (κ2) is 9.30. The average Bonchev–Trinajstić information content (AvgIpc) is 2.62. The Morgan fingerprint density at radius 1 is 0.654 bits per heavy atom. The van der Waals surface area contributed by atoms with E-state index in [1.807, 2.05) is 0 Å². The molecule has 0 unspecified atom stereocenters. The van der Waals surface area contributed by atoms with Gasteiger partial charge in [0.25, 0.3) is 0 Å². The van der Waals surface area contributed by atoms with Crippen molar-refractivity contribution in [1.29, 1.82) is 0 Å². The van der Waals surface area contributed by atoms with Crippen molar-refractivity contribution < 1.29 is 63.9 Å².